The molecule has 180 valence electrons. The van der Waals surface area contributed by atoms with E-state index in [1.165, 1.54) is 11.8 Å². The average molecular weight is 498 g/mol. The van der Waals surface area contributed by atoms with E-state index in [-0.39, 0.29) is 34.3 Å². The number of carbonyl (C=O) groups excluding carboxylic acids is 3. The van der Waals surface area contributed by atoms with Crippen LogP contribution in [0.25, 0.3) is 10.9 Å². The van der Waals surface area contributed by atoms with Crippen molar-refractivity contribution in [3.63, 3.8) is 0 Å². The van der Waals surface area contributed by atoms with Crippen molar-refractivity contribution >= 4 is 45.8 Å². The Hall–Kier alpha value is -4.04. The van der Waals surface area contributed by atoms with Crippen LogP contribution < -0.4 is 10.9 Å². The van der Waals surface area contributed by atoms with Crippen LogP contribution in [0.15, 0.2) is 76.7 Å². The second kappa shape index (κ2) is 9.91. The summed E-state index contributed by atoms with van der Waals surface area (Å²) < 4.78 is 1.63. The lowest BCUT2D eigenvalue weighted by Crippen LogP contribution is -2.24. The number of carbonyl (C=O) groups is 3. The number of anilines is 1. The highest BCUT2D eigenvalue weighted by Crippen LogP contribution is 2.29. The maximum atomic E-state index is 13.0. The van der Waals surface area contributed by atoms with Gasteiger partial charge in [0.2, 0.25) is 5.91 Å². The van der Waals surface area contributed by atoms with Crippen LogP contribution in [-0.2, 0) is 11.3 Å². The van der Waals surface area contributed by atoms with E-state index >= 15 is 0 Å². The van der Waals surface area contributed by atoms with Gasteiger partial charge >= 0.3 is 0 Å². The Labute approximate surface area is 211 Å². The number of fused-ring (bicyclic) bond motifs is 3. The molecular weight excluding hydrogens is 474 g/mol. The number of nitrogens with zero attached hydrogens (tertiary/aromatic N) is 2. The Bertz CT molecular complexity index is 1590. The van der Waals surface area contributed by atoms with Crippen LogP contribution in [0.1, 0.15) is 51.6 Å². The van der Waals surface area contributed by atoms with Gasteiger partial charge in [-0.15, -0.1) is 0 Å². The van der Waals surface area contributed by atoms with Gasteiger partial charge in [-0.3, -0.25) is 23.7 Å². The van der Waals surface area contributed by atoms with Crippen molar-refractivity contribution in [2.75, 3.05) is 11.1 Å². The Kier molecular flexibility index (Phi) is 6.52. The van der Waals surface area contributed by atoms with Crippen molar-refractivity contribution < 1.29 is 14.4 Å². The zero-order chi connectivity index (χ0) is 25.2. The van der Waals surface area contributed by atoms with E-state index in [4.69, 9.17) is 0 Å². The summed E-state index contributed by atoms with van der Waals surface area (Å²) in [5, 5.41) is 3.84. The number of benzene rings is 3. The third-order valence-electron chi connectivity index (χ3n) is 6.10. The molecule has 1 aliphatic carbocycles. The van der Waals surface area contributed by atoms with Gasteiger partial charge in [-0.1, -0.05) is 61.5 Å². The Morgan fingerprint density at radius 1 is 0.889 bits per heavy atom. The van der Waals surface area contributed by atoms with E-state index in [1.54, 1.807) is 59.2 Å². The minimum Gasteiger partial charge on any atom is -0.325 e. The van der Waals surface area contributed by atoms with E-state index in [0.29, 0.717) is 45.0 Å². The second-order valence-corrected chi connectivity index (χ2v) is 9.47. The molecule has 1 amide bonds. The first-order chi connectivity index (χ1) is 17.5. The van der Waals surface area contributed by atoms with Crippen molar-refractivity contribution in [2.45, 2.75) is 31.5 Å². The van der Waals surface area contributed by atoms with Gasteiger partial charge in [0.25, 0.3) is 5.56 Å². The smallest absolute Gasteiger partial charge is 0.262 e. The molecular formula is C28H23N3O4S. The summed E-state index contributed by atoms with van der Waals surface area (Å²) in [5.41, 5.74) is 2.25. The largest absolute Gasteiger partial charge is 0.325 e. The summed E-state index contributed by atoms with van der Waals surface area (Å²) >= 11 is 1.19. The SMILES string of the molecule is CCCCn1c(SCC(=O)Nc2ccc3c(c2)C(=O)c2ccccc2C3=O)nc2ccccc2c1=O. The molecule has 0 saturated carbocycles. The highest BCUT2D eigenvalue weighted by atomic mass is 32.2. The zero-order valence-electron chi connectivity index (χ0n) is 19.6. The fourth-order valence-corrected chi connectivity index (χ4v) is 5.10. The van der Waals surface area contributed by atoms with E-state index < -0.39 is 0 Å². The fourth-order valence-electron chi connectivity index (χ4n) is 4.28. The molecule has 7 nitrogen and oxygen atoms in total. The molecule has 1 aromatic heterocycles. The molecule has 0 atom stereocenters. The van der Waals surface area contributed by atoms with Gasteiger partial charge in [-0.2, -0.15) is 0 Å². The van der Waals surface area contributed by atoms with E-state index in [0.717, 1.165) is 12.8 Å². The van der Waals surface area contributed by atoms with Crippen molar-refractivity contribution in [2.24, 2.45) is 0 Å². The predicted molar refractivity (Wildman–Crippen MR) is 140 cm³/mol. The lowest BCUT2D eigenvalue weighted by atomic mass is 9.84. The molecule has 8 heteroatoms. The van der Waals surface area contributed by atoms with Gasteiger partial charge in [-0.25, -0.2) is 4.98 Å². The van der Waals surface area contributed by atoms with Gasteiger partial charge in [0.15, 0.2) is 16.7 Å². The number of aromatic nitrogens is 2. The monoisotopic (exact) mass is 497 g/mol. The number of hydrogen-bond acceptors (Lipinski definition) is 6. The molecule has 0 unspecified atom stereocenters. The summed E-state index contributed by atoms with van der Waals surface area (Å²) in [6, 6.07) is 18.6. The molecule has 0 fully saturated rings. The molecule has 1 N–H and O–H groups in total. The Balaban J connectivity index is 1.35. The minimum atomic E-state index is -0.306. The molecule has 5 rings (SSSR count). The van der Waals surface area contributed by atoms with Crippen LogP contribution in [0.4, 0.5) is 5.69 Å². The standard InChI is InChI=1S/C28H23N3O4S/c1-2-3-14-31-27(35)21-10-6-7-11-23(21)30-28(31)36-16-24(32)29-17-12-13-20-22(15-17)26(34)19-9-5-4-8-18(19)25(20)33/h4-13,15H,2-3,14,16H2,1H3,(H,29,32). The predicted octanol–water partition coefficient (Wildman–Crippen LogP) is 4.70. The lowest BCUT2D eigenvalue weighted by molar-refractivity contribution is -0.113. The van der Waals surface area contributed by atoms with E-state index in [1.807, 2.05) is 12.1 Å². The van der Waals surface area contributed by atoms with Crippen LogP contribution >= 0.6 is 11.8 Å². The van der Waals surface area contributed by atoms with Crippen molar-refractivity contribution in [3.8, 4) is 0 Å². The quantitative estimate of drug-likeness (QED) is 0.259. The summed E-state index contributed by atoms with van der Waals surface area (Å²) in [6.07, 6.45) is 1.75. The first-order valence-electron chi connectivity index (χ1n) is 11.7. The van der Waals surface area contributed by atoms with Crippen LogP contribution in [-0.4, -0.2) is 32.8 Å². The second-order valence-electron chi connectivity index (χ2n) is 8.52. The average Bonchev–Trinajstić information content (AvgIpc) is 2.90. The molecule has 4 aromatic rings. The first kappa shape index (κ1) is 23.7. The fraction of sp³-hybridized carbons (Fsp3) is 0.179. The molecule has 3 aromatic carbocycles. The molecule has 0 spiro atoms. The molecule has 0 radical (unpaired) electrons. The zero-order valence-corrected chi connectivity index (χ0v) is 20.4. The van der Waals surface area contributed by atoms with E-state index in [9.17, 15) is 19.2 Å². The number of thioether (sulfide) groups is 1. The third kappa shape index (κ3) is 4.35. The van der Waals surface area contributed by atoms with Crippen LogP contribution in [0.5, 0.6) is 0 Å². The third-order valence-corrected chi connectivity index (χ3v) is 7.08. The lowest BCUT2D eigenvalue weighted by Gasteiger charge is -2.18. The Morgan fingerprint density at radius 2 is 1.56 bits per heavy atom. The van der Waals surface area contributed by atoms with Crippen LogP contribution in [0, 0.1) is 0 Å². The highest BCUT2D eigenvalue weighted by Gasteiger charge is 2.29. The van der Waals surface area contributed by atoms with Gasteiger partial charge in [-0.05, 0) is 36.8 Å². The molecule has 1 heterocycles. The van der Waals surface area contributed by atoms with Gasteiger partial charge in [0.1, 0.15) is 0 Å². The van der Waals surface area contributed by atoms with E-state index in [2.05, 4.69) is 17.2 Å². The van der Waals surface area contributed by atoms with Gasteiger partial charge in [0, 0.05) is 34.5 Å². The maximum Gasteiger partial charge on any atom is 0.262 e. The Morgan fingerprint density at radius 3 is 2.31 bits per heavy atom. The number of hydrogen-bond donors (Lipinski definition) is 1. The molecule has 1 aliphatic rings. The minimum absolute atomic E-state index is 0.0314. The molecule has 0 saturated heterocycles. The number of para-hydroxylation sites is 1. The normalized spacial score (nSPS) is 12.4. The van der Waals surface area contributed by atoms with Crippen molar-refractivity contribution in [1.29, 1.82) is 0 Å². The van der Waals surface area contributed by atoms with Crippen molar-refractivity contribution in [1.82, 2.24) is 9.55 Å². The van der Waals surface area contributed by atoms with Crippen LogP contribution in [0.3, 0.4) is 0 Å². The number of ketones is 2. The van der Waals surface area contributed by atoms with Crippen LogP contribution in [0.2, 0.25) is 0 Å². The molecule has 0 aliphatic heterocycles. The maximum absolute atomic E-state index is 13.0. The first-order valence-corrected chi connectivity index (χ1v) is 12.7. The molecule has 0 bridgehead atoms. The summed E-state index contributed by atoms with van der Waals surface area (Å²) in [4.78, 5) is 56.2. The highest BCUT2D eigenvalue weighted by molar-refractivity contribution is 7.99. The summed E-state index contributed by atoms with van der Waals surface area (Å²) in [7, 11) is 0. The van der Waals surface area contributed by atoms with Gasteiger partial charge in [0.05, 0.1) is 16.7 Å². The number of amides is 1. The number of rotatable bonds is 7. The topological polar surface area (TPSA) is 98.1 Å². The van der Waals surface area contributed by atoms with Crippen molar-refractivity contribution in [3.05, 3.63) is 99.3 Å². The number of unbranched alkanes of at least 4 members (excludes halogenated alkanes) is 1. The molecule has 36 heavy (non-hydrogen) atoms. The summed E-state index contributed by atoms with van der Waals surface area (Å²) in [5.74, 6) is -0.726. The summed E-state index contributed by atoms with van der Waals surface area (Å²) in [6.45, 7) is 2.58. The number of nitrogens with one attached hydrogen (secondary N) is 1. The van der Waals surface area contributed by atoms with Gasteiger partial charge < -0.3 is 5.32 Å².